The van der Waals surface area contributed by atoms with Crippen molar-refractivity contribution in [2.24, 2.45) is 11.8 Å². The van der Waals surface area contributed by atoms with E-state index in [1.54, 1.807) is 0 Å². The molecule has 138 valence electrons. The minimum atomic E-state index is -3.13. The molecule has 4 nitrogen and oxygen atoms in total. The van der Waals surface area contributed by atoms with Crippen molar-refractivity contribution in [2.75, 3.05) is 6.26 Å². The predicted molar refractivity (Wildman–Crippen MR) is 107 cm³/mol. The van der Waals surface area contributed by atoms with Gasteiger partial charge in [0.1, 0.15) is 0 Å². The molecule has 1 aromatic heterocycles. The van der Waals surface area contributed by atoms with Gasteiger partial charge in [0.15, 0.2) is 9.84 Å². The van der Waals surface area contributed by atoms with Gasteiger partial charge in [0.2, 0.25) is 0 Å². The summed E-state index contributed by atoms with van der Waals surface area (Å²) in [7, 11) is -3.13. The molecule has 0 bridgehead atoms. The molecule has 3 aromatic rings. The van der Waals surface area contributed by atoms with E-state index in [4.69, 9.17) is 11.6 Å². The number of benzene rings is 2. The van der Waals surface area contributed by atoms with E-state index in [0.29, 0.717) is 5.02 Å². The first-order valence-electron chi connectivity index (χ1n) is 8.79. The van der Waals surface area contributed by atoms with Gasteiger partial charge in [-0.25, -0.2) is 8.42 Å². The van der Waals surface area contributed by atoms with E-state index in [9.17, 15) is 13.7 Å². The van der Waals surface area contributed by atoms with Crippen LogP contribution in [0.5, 0.6) is 0 Å². The number of aromatic nitrogens is 1. The monoisotopic (exact) mass is 398 g/mol. The van der Waals surface area contributed by atoms with Crippen molar-refractivity contribution in [1.82, 2.24) is 4.98 Å². The molecule has 0 aliphatic heterocycles. The summed E-state index contributed by atoms with van der Waals surface area (Å²) in [6.07, 6.45) is 4.08. The second-order valence-electron chi connectivity index (χ2n) is 7.32. The van der Waals surface area contributed by atoms with Crippen LogP contribution in [-0.2, 0) is 15.6 Å². The highest BCUT2D eigenvalue weighted by Gasteiger charge is 2.45. The normalized spacial score (nSPS) is 20.3. The molecule has 6 heteroatoms. The number of fused-ring (bicyclic) bond motifs is 1. The molecule has 1 aliphatic carbocycles. The van der Waals surface area contributed by atoms with E-state index in [-0.39, 0.29) is 23.5 Å². The van der Waals surface area contributed by atoms with Crippen LogP contribution >= 0.6 is 11.6 Å². The molecule has 1 saturated carbocycles. The number of hydrogen-bond donors (Lipinski definition) is 1. The maximum atomic E-state index is 11.8. The van der Waals surface area contributed by atoms with Gasteiger partial charge in [-0.05, 0) is 41.2 Å². The lowest BCUT2D eigenvalue weighted by Gasteiger charge is -2.17. The molecule has 0 spiro atoms. The number of halogens is 1. The molecule has 0 radical (unpaired) electrons. The summed E-state index contributed by atoms with van der Waals surface area (Å²) in [4.78, 5) is 3.28. The van der Waals surface area contributed by atoms with Gasteiger partial charge in [-0.2, -0.15) is 5.26 Å². The maximum Gasteiger partial charge on any atom is 0.151 e. The van der Waals surface area contributed by atoms with Crippen molar-refractivity contribution in [3.8, 4) is 6.07 Å². The van der Waals surface area contributed by atoms with Gasteiger partial charge in [-0.1, -0.05) is 41.9 Å². The molecule has 0 saturated heterocycles. The Morgan fingerprint density at radius 1 is 1.26 bits per heavy atom. The fraction of sp³-hybridized carbons (Fsp3) is 0.286. The van der Waals surface area contributed by atoms with Crippen LogP contribution in [0.1, 0.15) is 29.0 Å². The van der Waals surface area contributed by atoms with Crippen molar-refractivity contribution in [3.63, 3.8) is 0 Å². The zero-order chi connectivity index (χ0) is 19.2. The van der Waals surface area contributed by atoms with Crippen LogP contribution in [0.2, 0.25) is 5.02 Å². The molecule has 0 amide bonds. The van der Waals surface area contributed by atoms with Gasteiger partial charge < -0.3 is 4.98 Å². The molecular weight excluding hydrogens is 380 g/mol. The Kier molecular flexibility index (Phi) is 4.49. The van der Waals surface area contributed by atoms with Gasteiger partial charge in [0.05, 0.1) is 17.7 Å². The smallest absolute Gasteiger partial charge is 0.151 e. The molecule has 27 heavy (non-hydrogen) atoms. The van der Waals surface area contributed by atoms with E-state index in [0.717, 1.165) is 34.0 Å². The van der Waals surface area contributed by atoms with Gasteiger partial charge in [0.25, 0.3) is 0 Å². The van der Waals surface area contributed by atoms with Gasteiger partial charge in [-0.3, -0.25) is 0 Å². The van der Waals surface area contributed by atoms with Crippen LogP contribution in [0.25, 0.3) is 10.9 Å². The number of sulfone groups is 1. The average molecular weight is 399 g/mol. The standard InChI is InChI=1S/C21H19ClN2O2S/c1-27(25,26)12-14-3-2-4-17-19(11-24-21(14)17)20(18-9-15(18)10-23)13-5-7-16(22)8-6-13/h2-8,11,15,18,20,24H,9,12H2,1H3. The van der Waals surface area contributed by atoms with Crippen LogP contribution in [0.4, 0.5) is 0 Å². The molecule has 1 fully saturated rings. The molecule has 3 atom stereocenters. The summed E-state index contributed by atoms with van der Waals surface area (Å²) < 4.78 is 23.6. The van der Waals surface area contributed by atoms with Crippen LogP contribution in [-0.4, -0.2) is 19.7 Å². The Hall–Kier alpha value is -2.29. The summed E-state index contributed by atoms with van der Waals surface area (Å²) in [5, 5.41) is 11.0. The fourth-order valence-corrected chi connectivity index (χ4v) is 4.89. The fourth-order valence-electron chi connectivity index (χ4n) is 3.96. The highest BCUT2D eigenvalue weighted by Crippen LogP contribution is 2.52. The topological polar surface area (TPSA) is 73.7 Å². The Labute approximate surface area is 163 Å². The summed E-state index contributed by atoms with van der Waals surface area (Å²) in [6, 6.07) is 15.9. The highest BCUT2D eigenvalue weighted by molar-refractivity contribution is 7.89. The van der Waals surface area contributed by atoms with Crippen molar-refractivity contribution < 1.29 is 8.42 Å². The van der Waals surface area contributed by atoms with E-state index in [1.807, 2.05) is 48.7 Å². The van der Waals surface area contributed by atoms with E-state index in [2.05, 4.69) is 11.1 Å². The lowest BCUT2D eigenvalue weighted by molar-refractivity contribution is 0.601. The second-order valence-corrected chi connectivity index (χ2v) is 9.89. The average Bonchev–Trinajstić information content (AvgIpc) is 3.26. The molecule has 1 aliphatic rings. The number of H-pyrrole nitrogens is 1. The first-order valence-corrected chi connectivity index (χ1v) is 11.2. The number of hydrogen-bond acceptors (Lipinski definition) is 3. The highest BCUT2D eigenvalue weighted by atomic mass is 35.5. The Morgan fingerprint density at radius 3 is 2.63 bits per heavy atom. The third kappa shape index (κ3) is 3.60. The van der Waals surface area contributed by atoms with Crippen molar-refractivity contribution >= 4 is 32.3 Å². The SMILES string of the molecule is CS(=O)(=O)Cc1cccc2c(C(c3ccc(Cl)cc3)C3CC3C#N)c[nH]c12. The van der Waals surface area contributed by atoms with Crippen LogP contribution in [0.3, 0.4) is 0 Å². The van der Waals surface area contributed by atoms with Gasteiger partial charge >= 0.3 is 0 Å². The zero-order valence-corrected chi connectivity index (χ0v) is 16.4. The molecule has 3 unspecified atom stereocenters. The van der Waals surface area contributed by atoms with Crippen molar-refractivity contribution in [3.05, 3.63) is 70.4 Å². The second kappa shape index (κ2) is 6.70. The van der Waals surface area contributed by atoms with E-state index >= 15 is 0 Å². The molecule has 4 rings (SSSR count). The third-order valence-electron chi connectivity index (χ3n) is 5.25. The number of aromatic amines is 1. The summed E-state index contributed by atoms with van der Waals surface area (Å²) in [5.74, 6) is 0.387. The first kappa shape index (κ1) is 18.1. The Balaban J connectivity index is 1.83. The van der Waals surface area contributed by atoms with Gasteiger partial charge in [0, 0.05) is 34.3 Å². The number of nitrogens with one attached hydrogen (secondary N) is 1. The van der Waals surface area contributed by atoms with Crippen molar-refractivity contribution in [1.29, 1.82) is 5.26 Å². The third-order valence-corrected chi connectivity index (χ3v) is 6.34. The summed E-state index contributed by atoms with van der Waals surface area (Å²) >= 11 is 6.05. The largest absolute Gasteiger partial charge is 0.361 e. The first-order chi connectivity index (χ1) is 12.9. The number of nitrogens with zero attached hydrogens (tertiary/aromatic N) is 1. The predicted octanol–water partition coefficient (Wildman–Crippen LogP) is 4.66. The minimum absolute atomic E-state index is 0.000153. The van der Waals surface area contributed by atoms with Crippen LogP contribution in [0, 0.1) is 23.2 Å². The lowest BCUT2D eigenvalue weighted by Crippen LogP contribution is -2.05. The van der Waals surface area contributed by atoms with Crippen LogP contribution < -0.4 is 0 Å². The minimum Gasteiger partial charge on any atom is -0.361 e. The molecule has 1 N–H and O–H groups in total. The quantitative estimate of drug-likeness (QED) is 0.679. The lowest BCUT2D eigenvalue weighted by atomic mass is 9.86. The Morgan fingerprint density at radius 2 is 2.00 bits per heavy atom. The molecular formula is C21H19ClN2O2S. The van der Waals surface area contributed by atoms with Gasteiger partial charge in [-0.15, -0.1) is 0 Å². The van der Waals surface area contributed by atoms with Crippen molar-refractivity contribution in [2.45, 2.75) is 18.1 Å². The Bertz CT molecular complexity index is 1140. The summed E-state index contributed by atoms with van der Waals surface area (Å²) in [6.45, 7) is 0. The number of rotatable bonds is 5. The molecule has 1 heterocycles. The maximum absolute atomic E-state index is 11.8. The summed E-state index contributed by atoms with van der Waals surface area (Å²) in [5.41, 5.74) is 3.84. The molecule has 2 aromatic carbocycles. The van der Waals surface area contributed by atoms with E-state index in [1.165, 1.54) is 6.26 Å². The number of nitriles is 1. The zero-order valence-electron chi connectivity index (χ0n) is 14.8. The van der Waals surface area contributed by atoms with Crippen LogP contribution in [0.15, 0.2) is 48.7 Å². The van der Waals surface area contributed by atoms with E-state index < -0.39 is 9.84 Å². The number of para-hydroxylation sites is 1.